The zero-order chi connectivity index (χ0) is 38.0. The van der Waals surface area contributed by atoms with Crippen LogP contribution >= 0.6 is 11.8 Å². The molecule has 52 heavy (non-hydrogen) atoms. The van der Waals surface area contributed by atoms with Crippen LogP contribution in [0.3, 0.4) is 0 Å². The smallest absolute Gasteiger partial charge is 0.352 e. The number of aliphatic carboxylic acids is 1. The first-order valence-electron chi connectivity index (χ1n) is 15.6. The topological polar surface area (TPSA) is 257 Å². The Morgan fingerprint density at radius 3 is 2.23 bits per heavy atom. The van der Waals surface area contributed by atoms with Gasteiger partial charge in [-0.3, -0.25) is 38.6 Å². The number of nitrogens with two attached hydrogens (primary N) is 2. The number of imide groups is 2. The number of rotatable bonds is 10. The van der Waals surface area contributed by atoms with Gasteiger partial charge in [0.15, 0.2) is 5.82 Å². The molecule has 2 aromatic carbocycles. The Morgan fingerprint density at radius 2 is 1.67 bits per heavy atom. The number of fused-ring (bicyclic) bond motifs is 1. The molecule has 0 radical (unpaired) electrons. The number of anilines is 1. The maximum atomic E-state index is 14.2. The van der Waals surface area contributed by atoms with Crippen molar-refractivity contribution in [2.75, 3.05) is 17.3 Å². The first kappa shape index (κ1) is 37.3. The molecule has 3 aromatic rings. The second-order valence-corrected chi connectivity index (χ2v) is 12.9. The first-order chi connectivity index (χ1) is 24.6. The molecule has 3 unspecified atom stereocenters. The number of ether oxygens (including phenoxy) is 1. The number of β-lactam (4-membered cyclic amide) rings is 1. The largest absolute Gasteiger partial charge is 0.493 e. The van der Waals surface area contributed by atoms with Crippen LogP contribution in [0.5, 0.6) is 5.88 Å². The highest BCUT2D eigenvalue weighted by Gasteiger charge is 2.59. The zero-order valence-electron chi connectivity index (χ0n) is 28.0. The third-order valence-electron chi connectivity index (χ3n) is 8.14. The first-order valence-corrected chi connectivity index (χ1v) is 16.7. The van der Waals surface area contributed by atoms with E-state index in [0.717, 1.165) is 34.7 Å². The molecule has 0 spiro atoms. The van der Waals surface area contributed by atoms with Crippen LogP contribution in [0.4, 0.5) is 5.69 Å². The zero-order valence-corrected chi connectivity index (χ0v) is 28.8. The Hall–Kier alpha value is -5.98. The average molecular weight is 732 g/mol. The minimum absolute atomic E-state index is 0.00769. The van der Waals surface area contributed by atoms with Gasteiger partial charge in [-0.15, -0.1) is 11.8 Å². The van der Waals surface area contributed by atoms with E-state index in [0.29, 0.717) is 16.0 Å². The third-order valence-corrected chi connectivity index (χ3v) is 9.46. The molecule has 2 aliphatic heterocycles. The molecule has 6 N–H and O–H groups in total. The lowest BCUT2D eigenvalue weighted by Gasteiger charge is -2.52. The predicted molar refractivity (Wildman–Crippen MR) is 184 cm³/mol. The van der Waals surface area contributed by atoms with Gasteiger partial charge in [-0.1, -0.05) is 30.3 Å². The monoisotopic (exact) mass is 731 g/mol. The minimum Gasteiger partial charge on any atom is -0.493 e. The molecule has 1 saturated heterocycles. The van der Waals surface area contributed by atoms with Crippen LogP contribution in [-0.4, -0.2) is 101 Å². The summed E-state index contributed by atoms with van der Waals surface area (Å²) >= 11 is 1.04. The molecular formula is C34H33N7O10S. The van der Waals surface area contributed by atoms with Gasteiger partial charge in [0.1, 0.15) is 35.3 Å². The van der Waals surface area contributed by atoms with Crippen LogP contribution in [0.25, 0.3) is 11.4 Å². The number of hydrogen-bond donors (Lipinski definition) is 4. The Balaban J connectivity index is 1.49. The number of nitrogens with zero attached hydrogens (tertiary/aromatic N) is 5. The molecule has 18 heteroatoms. The van der Waals surface area contributed by atoms with Crippen molar-refractivity contribution in [3.05, 3.63) is 83.2 Å². The molecule has 5 amide bonds. The van der Waals surface area contributed by atoms with E-state index >= 15 is 0 Å². The molecule has 2 aliphatic rings. The van der Waals surface area contributed by atoms with Gasteiger partial charge in [0.25, 0.3) is 17.7 Å². The second-order valence-electron chi connectivity index (χ2n) is 11.8. The van der Waals surface area contributed by atoms with Crippen molar-refractivity contribution >= 4 is 58.9 Å². The summed E-state index contributed by atoms with van der Waals surface area (Å²) in [5.74, 6) is -7.36. The van der Waals surface area contributed by atoms with Crippen LogP contribution in [0, 0.1) is 0 Å². The van der Waals surface area contributed by atoms with E-state index in [-0.39, 0.29) is 29.4 Å². The van der Waals surface area contributed by atoms with Gasteiger partial charge in [0, 0.05) is 36.9 Å². The molecule has 5 rings (SSSR count). The van der Waals surface area contributed by atoms with Gasteiger partial charge in [-0.2, -0.15) is 4.98 Å². The normalized spacial score (nSPS) is 17.6. The maximum absolute atomic E-state index is 14.2. The number of thioether (sulfide) groups is 1. The van der Waals surface area contributed by atoms with Gasteiger partial charge in [-0.05, 0) is 36.8 Å². The van der Waals surface area contributed by atoms with E-state index in [1.54, 1.807) is 30.3 Å². The fourth-order valence-corrected chi connectivity index (χ4v) is 6.97. The predicted octanol–water partition coefficient (Wildman–Crippen LogP) is 0.930. The highest BCUT2D eigenvalue weighted by atomic mass is 32.2. The van der Waals surface area contributed by atoms with Gasteiger partial charge >= 0.3 is 11.9 Å². The summed E-state index contributed by atoms with van der Waals surface area (Å²) < 4.78 is 4.97. The quantitative estimate of drug-likeness (QED) is 0.167. The van der Waals surface area contributed by atoms with E-state index in [1.165, 1.54) is 38.1 Å². The van der Waals surface area contributed by atoms with Crippen molar-refractivity contribution < 1.29 is 48.5 Å². The number of carbonyl (C=O) groups is 7. The highest BCUT2D eigenvalue weighted by molar-refractivity contribution is 8.00. The van der Waals surface area contributed by atoms with Crippen molar-refractivity contribution in [2.45, 2.75) is 44.3 Å². The molecule has 4 atom stereocenters. The van der Waals surface area contributed by atoms with Crippen LogP contribution in [0.1, 0.15) is 42.7 Å². The molecular weight excluding hydrogens is 698 g/mol. The summed E-state index contributed by atoms with van der Waals surface area (Å²) in [5.41, 5.74) is 12.0. The summed E-state index contributed by atoms with van der Waals surface area (Å²) in [6.45, 7) is 3.41. The van der Waals surface area contributed by atoms with Gasteiger partial charge in [0.05, 0.1) is 11.7 Å². The van der Waals surface area contributed by atoms with Crippen molar-refractivity contribution in [2.24, 2.45) is 11.5 Å². The average Bonchev–Trinajstić information content (AvgIpc) is 3.11. The van der Waals surface area contributed by atoms with E-state index in [1.807, 2.05) is 0 Å². The van der Waals surface area contributed by atoms with Crippen LogP contribution in [-0.2, 0) is 33.5 Å². The Morgan fingerprint density at radius 1 is 1.02 bits per heavy atom. The van der Waals surface area contributed by atoms with Gasteiger partial charge < -0.3 is 26.4 Å². The van der Waals surface area contributed by atoms with Crippen LogP contribution in [0.15, 0.2) is 72.1 Å². The number of hydrogen-bond acceptors (Lipinski definition) is 14. The maximum Gasteiger partial charge on any atom is 0.352 e. The number of carbonyl (C=O) groups excluding carboxylic acids is 6. The molecule has 0 saturated carbocycles. The number of aromatic nitrogens is 2. The number of amides is 5. The molecule has 17 nitrogen and oxygen atoms in total. The lowest BCUT2D eigenvalue weighted by molar-refractivity contribution is -0.157. The fraction of sp³-hybridized carbons (Fsp3) is 0.265. The van der Waals surface area contributed by atoms with Crippen molar-refractivity contribution in [3.63, 3.8) is 0 Å². The highest BCUT2D eigenvalue weighted by Crippen LogP contribution is 2.43. The lowest BCUT2D eigenvalue weighted by Crippen LogP contribution is -2.72. The van der Waals surface area contributed by atoms with Crippen molar-refractivity contribution in [3.8, 4) is 17.3 Å². The number of carboxylic acids is 1. The molecule has 1 fully saturated rings. The minimum atomic E-state index is -1.54. The van der Waals surface area contributed by atoms with E-state index < -0.39 is 82.1 Å². The van der Waals surface area contributed by atoms with E-state index in [4.69, 9.17) is 16.2 Å². The molecule has 1 aromatic heterocycles. The van der Waals surface area contributed by atoms with E-state index in [2.05, 4.69) is 9.97 Å². The molecule has 270 valence electrons. The van der Waals surface area contributed by atoms with Crippen molar-refractivity contribution in [1.29, 1.82) is 0 Å². The Bertz CT molecular complexity index is 2000. The SMILES string of the molecule is CC(=O)OCC1=C(C(=O)O)N2C(=O)C(N(C(=O)c3cnc(-c4ccc(N(C(C)=O)C(=O)C(C)N)cc4)nc3O)C(=O)C(N)c3ccccc3)[C@@H]2SC1. The molecule has 0 aliphatic carbocycles. The lowest BCUT2D eigenvalue weighted by atomic mass is 9.98. The van der Waals surface area contributed by atoms with Gasteiger partial charge in [0.2, 0.25) is 17.7 Å². The molecule has 0 bridgehead atoms. The number of aromatic hydroxyl groups is 1. The van der Waals surface area contributed by atoms with Crippen molar-refractivity contribution in [1.82, 2.24) is 19.8 Å². The summed E-state index contributed by atoms with van der Waals surface area (Å²) in [6.07, 6.45) is 0.957. The summed E-state index contributed by atoms with van der Waals surface area (Å²) in [7, 11) is 0. The third kappa shape index (κ3) is 7.11. The summed E-state index contributed by atoms with van der Waals surface area (Å²) in [6, 6.07) is 9.90. The Labute approximate surface area is 300 Å². The second kappa shape index (κ2) is 15.1. The Kier molecular flexibility index (Phi) is 10.8. The standard InChI is InChI=1S/C34H33N7O10S/c1-16(35)29(45)39(17(2)42)22-11-9-20(10-12-22)27-37-13-23(28(44)38-27)30(46)40(31(47)24(36)19-7-5-4-6-8-19)26-32(48)41-25(34(49)50)21(14-51-18(3)43)15-52-33(26)41/h4-13,16,24,26,33H,14-15,35-36H2,1-3H3,(H,49,50)(H,37,38,44)/t16?,24?,26?,33-/m0/s1. The number of esters is 1. The van der Waals surface area contributed by atoms with E-state index in [9.17, 15) is 43.8 Å². The molecule has 3 heterocycles. The van der Waals surface area contributed by atoms with Gasteiger partial charge in [-0.25, -0.2) is 14.7 Å². The summed E-state index contributed by atoms with van der Waals surface area (Å²) in [5, 5.41) is 19.9. The van der Waals surface area contributed by atoms with Crippen LogP contribution in [0.2, 0.25) is 0 Å². The number of benzene rings is 2. The van der Waals surface area contributed by atoms with Crippen LogP contribution < -0.4 is 16.4 Å². The summed E-state index contributed by atoms with van der Waals surface area (Å²) in [4.78, 5) is 101. The fourth-order valence-electron chi connectivity index (χ4n) is 5.60. The number of carboxylic acid groups (broad SMARTS) is 1.